The fraction of sp³-hybridized carbons (Fsp3) is 0.857. The Kier molecular flexibility index (Phi) is 6.16. The Hall–Kier alpha value is -0.750. The van der Waals surface area contributed by atoms with E-state index in [4.69, 9.17) is 5.11 Å². The molecule has 2 aliphatic rings. The number of nitrogens with zero attached hydrogens (tertiary/aromatic N) is 1. The van der Waals surface area contributed by atoms with Gasteiger partial charge >= 0.3 is 5.97 Å². The average Bonchev–Trinajstić information content (AvgIpc) is 2.47. The third kappa shape index (κ3) is 4.66. The molecule has 2 N–H and O–H groups in total. The molecular weight excluding hydrogens is 276 g/mol. The Morgan fingerprint density at radius 3 is 2.80 bits per heavy atom. The number of piperidine rings is 1. The van der Waals surface area contributed by atoms with Crippen LogP contribution in [0.15, 0.2) is 0 Å². The zero-order valence-corrected chi connectivity index (χ0v) is 12.7. The largest absolute Gasteiger partial charge is 0.480 e. The highest BCUT2D eigenvalue weighted by Gasteiger charge is 2.30. The van der Waals surface area contributed by atoms with Gasteiger partial charge in [0.15, 0.2) is 0 Å². The van der Waals surface area contributed by atoms with Gasteiger partial charge in [0.25, 0.3) is 0 Å². The van der Waals surface area contributed by atoms with Crippen LogP contribution in [0.2, 0.25) is 0 Å². The van der Waals surface area contributed by atoms with Crippen molar-refractivity contribution in [3.63, 3.8) is 0 Å². The van der Waals surface area contributed by atoms with E-state index in [9.17, 15) is 9.59 Å². The van der Waals surface area contributed by atoms with Crippen LogP contribution in [0, 0.1) is 5.92 Å². The quantitative estimate of drug-likeness (QED) is 0.798. The van der Waals surface area contributed by atoms with Gasteiger partial charge < -0.3 is 15.3 Å². The van der Waals surface area contributed by atoms with Crippen LogP contribution in [-0.4, -0.2) is 59.1 Å². The van der Waals surface area contributed by atoms with Crippen LogP contribution in [0.25, 0.3) is 0 Å². The molecular formula is C14H24N2O3S. The van der Waals surface area contributed by atoms with Gasteiger partial charge in [-0.15, -0.1) is 11.8 Å². The van der Waals surface area contributed by atoms with Crippen LogP contribution < -0.4 is 5.32 Å². The fourth-order valence-electron chi connectivity index (χ4n) is 2.95. The normalized spacial score (nSPS) is 27.3. The van der Waals surface area contributed by atoms with Crippen molar-refractivity contribution in [1.29, 1.82) is 0 Å². The summed E-state index contributed by atoms with van der Waals surface area (Å²) in [5, 5.41) is 11.7. The van der Waals surface area contributed by atoms with Crippen molar-refractivity contribution < 1.29 is 14.7 Å². The molecule has 0 aromatic carbocycles. The van der Waals surface area contributed by atoms with E-state index >= 15 is 0 Å². The number of carboxylic acids is 1. The van der Waals surface area contributed by atoms with Crippen LogP contribution in [0.3, 0.4) is 0 Å². The van der Waals surface area contributed by atoms with Crippen molar-refractivity contribution in [2.24, 2.45) is 5.92 Å². The minimum atomic E-state index is -0.827. The number of carbonyl (C=O) groups excluding carboxylic acids is 1. The molecule has 2 fully saturated rings. The van der Waals surface area contributed by atoms with E-state index in [0.29, 0.717) is 18.4 Å². The third-order valence-corrected chi connectivity index (χ3v) is 5.36. The van der Waals surface area contributed by atoms with Gasteiger partial charge in [0.05, 0.1) is 11.8 Å². The number of likely N-dealkylation sites (tertiary alicyclic amines) is 1. The van der Waals surface area contributed by atoms with Crippen molar-refractivity contribution in [2.45, 2.75) is 37.4 Å². The lowest BCUT2D eigenvalue weighted by molar-refractivity contribution is -0.136. The molecule has 6 heteroatoms. The summed E-state index contributed by atoms with van der Waals surface area (Å²) in [7, 11) is 0. The zero-order valence-electron chi connectivity index (χ0n) is 11.8. The summed E-state index contributed by atoms with van der Waals surface area (Å²) in [6, 6.07) is 0. The van der Waals surface area contributed by atoms with E-state index in [0.717, 1.165) is 38.1 Å². The summed E-state index contributed by atoms with van der Waals surface area (Å²) in [4.78, 5) is 25.0. The predicted molar refractivity (Wildman–Crippen MR) is 79.9 cm³/mol. The zero-order chi connectivity index (χ0) is 14.4. The lowest BCUT2D eigenvalue weighted by Crippen LogP contribution is -2.46. The Labute approximate surface area is 124 Å². The van der Waals surface area contributed by atoms with Gasteiger partial charge in [0, 0.05) is 19.6 Å². The molecule has 0 saturated carbocycles. The van der Waals surface area contributed by atoms with Crippen molar-refractivity contribution in [1.82, 2.24) is 10.2 Å². The van der Waals surface area contributed by atoms with E-state index in [1.54, 1.807) is 11.8 Å². The molecule has 2 aliphatic heterocycles. The first kappa shape index (κ1) is 15.6. The number of thioether (sulfide) groups is 1. The molecule has 1 amide bonds. The second-order valence-electron chi connectivity index (χ2n) is 5.67. The molecule has 0 aromatic rings. The van der Waals surface area contributed by atoms with Crippen molar-refractivity contribution >= 4 is 23.6 Å². The topological polar surface area (TPSA) is 69.6 Å². The number of carbonyl (C=O) groups is 2. The van der Waals surface area contributed by atoms with Crippen LogP contribution in [0.4, 0.5) is 0 Å². The number of amides is 1. The second kappa shape index (κ2) is 7.88. The Morgan fingerprint density at radius 1 is 1.25 bits per heavy atom. The van der Waals surface area contributed by atoms with E-state index in [-0.39, 0.29) is 11.8 Å². The van der Waals surface area contributed by atoms with Gasteiger partial charge in [-0.25, -0.2) is 0 Å². The van der Waals surface area contributed by atoms with Crippen molar-refractivity contribution in [3.8, 4) is 0 Å². The smallest absolute Gasteiger partial charge is 0.317 e. The summed E-state index contributed by atoms with van der Waals surface area (Å²) >= 11 is 1.80. The Balaban J connectivity index is 1.77. The Bertz CT molecular complexity index is 345. The molecule has 2 rings (SSSR count). The summed E-state index contributed by atoms with van der Waals surface area (Å²) in [5.41, 5.74) is 0. The standard InChI is InChI=1S/C14H24N2O3S/c17-13(18)9-15-8-11-4-3-6-16(10-11)14(19)12-5-1-2-7-20-12/h11-12,15H,1-10H2,(H,17,18). The summed E-state index contributed by atoms with van der Waals surface area (Å²) < 4.78 is 0. The van der Waals surface area contributed by atoms with E-state index in [1.165, 1.54) is 12.8 Å². The molecule has 5 nitrogen and oxygen atoms in total. The molecule has 2 heterocycles. The van der Waals surface area contributed by atoms with Gasteiger partial charge in [0.1, 0.15) is 0 Å². The number of carboxylic acid groups (broad SMARTS) is 1. The predicted octanol–water partition coefficient (Wildman–Crippen LogP) is 1.18. The number of hydrogen-bond acceptors (Lipinski definition) is 4. The number of aliphatic carboxylic acids is 1. The number of hydrogen-bond donors (Lipinski definition) is 2. The minimum absolute atomic E-state index is 0.00290. The maximum Gasteiger partial charge on any atom is 0.317 e. The molecule has 2 unspecified atom stereocenters. The fourth-order valence-corrected chi connectivity index (χ4v) is 4.23. The third-order valence-electron chi connectivity index (χ3n) is 4.00. The van der Waals surface area contributed by atoms with Crippen LogP contribution in [0.1, 0.15) is 32.1 Å². The van der Waals surface area contributed by atoms with Gasteiger partial charge in [-0.2, -0.15) is 0 Å². The van der Waals surface area contributed by atoms with Crippen LogP contribution in [0.5, 0.6) is 0 Å². The monoisotopic (exact) mass is 300 g/mol. The van der Waals surface area contributed by atoms with E-state index < -0.39 is 5.97 Å². The second-order valence-corrected chi connectivity index (χ2v) is 6.98. The summed E-state index contributed by atoms with van der Waals surface area (Å²) in [6.45, 7) is 2.34. The molecule has 2 saturated heterocycles. The van der Waals surface area contributed by atoms with Gasteiger partial charge in [-0.1, -0.05) is 6.42 Å². The molecule has 0 radical (unpaired) electrons. The van der Waals surface area contributed by atoms with Gasteiger partial charge in [0.2, 0.25) is 5.91 Å². The van der Waals surface area contributed by atoms with Crippen LogP contribution >= 0.6 is 11.8 Å². The van der Waals surface area contributed by atoms with Crippen molar-refractivity contribution in [2.75, 3.05) is 31.9 Å². The number of rotatable bonds is 5. The van der Waals surface area contributed by atoms with Crippen molar-refractivity contribution in [3.05, 3.63) is 0 Å². The lowest BCUT2D eigenvalue weighted by atomic mass is 9.97. The maximum atomic E-state index is 12.5. The SMILES string of the molecule is O=C(O)CNCC1CCCN(C(=O)C2CCCCS2)C1. The summed E-state index contributed by atoms with van der Waals surface area (Å²) in [5.74, 6) is 0.971. The lowest BCUT2D eigenvalue weighted by Gasteiger charge is -2.35. The average molecular weight is 300 g/mol. The van der Waals surface area contributed by atoms with Gasteiger partial charge in [-0.05, 0) is 37.4 Å². The van der Waals surface area contributed by atoms with Gasteiger partial charge in [-0.3, -0.25) is 9.59 Å². The van der Waals surface area contributed by atoms with Crippen LogP contribution in [-0.2, 0) is 9.59 Å². The summed E-state index contributed by atoms with van der Waals surface area (Å²) in [6.07, 6.45) is 5.52. The Morgan fingerprint density at radius 2 is 2.10 bits per heavy atom. The first-order valence-electron chi connectivity index (χ1n) is 7.49. The van der Waals surface area contributed by atoms with E-state index in [1.807, 2.05) is 4.90 Å². The van der Waals surface area contributed by atoms with E-state index in [2.05, 4.69) is 5.32 Å². The highest BCUT2D eigenvalue weighted by molar-refractivity contribution is 8.00. The minimum Gasteiger partial charge on any atom is -0.480 e. The molecule has 2 atom stereocenters. The molecule has 0 spiro atoms. The number of nitrogens with one attached hydrogen (secondary N) is 1. The highest BCUT2D eigenvalue weighted by atomic mass is 32.2. The maximum absolute atomic E-state index is 12.5. The molecule has 0 aliphatic carbocycles. The first-order chi connectivity index (χ1) is 9.66. The molecule has 0 aromatic heterocycles. The molecule has 114 valence electrons. The highest BCUT2D eigenvalue weighted by Crippen LogP contribution is 2.28. The first-order valence-corrected chi connectivity index (χ1v) is 8.54. The molecule has 0 bridgehead atoms. The molecule has 20 heavy (non-hydrogen) atoms.